The van der Waals surface area contributed by atoms with Crippen molar-refractivity contribution in [2.24, 2.45) is 5.92 Å². The summed E-state index contributed by atoms with van der Waals surface area (Å²) in [5, 5.41) is 4.26. The molecule has 1 aromatic rings. The highest BCUT2D eigenvalue weighted by Crippen LogP contribution is 2.32. The summed E-state index contributed by atoms with van der Waals surface area (Å²) in [7, 11) is 3.89. The van der Waals surface area contributed by atoms with Crippen LogP contribution in [0.5, 0.6) is 0 Å². The van der Waals surface area contributed by atoms with E-state index in [1.54, 1.807) is 7.11 Å². The first kappa shape index (κ1) is 16.6. The van der Waals surface area contributed by atoms with Gasteiger partial charge in [-0.3, -0.25) is 0 Å². The molecule has 0 amide bonds. The van der Waals surface area contributed by atoms with Crippen LogP contribution in [0.3, 0.4) is 0 Å². The minimum Gasteiger partial charge on any atom is -0.383 e. The van der Waals surface area contributed by atoms with Crippen LogP contribution < -0.4 is 10.2 Å². The molecule has 0 aliphatic heterocycles. The standard InChI is InChI=1S/C17H27ClN2O/c1-20(13-14-6-3-4-7-14)17-15(8-5-9-16(17)18)12-19-10-11-21-2/h5,8-9,14,19H,3-4,6-7,10-13H2,1-2H3. The lowest BCUT2D eigenvalue weighted by atomic mass is 10.1. The zero-order valence-corrected chi connectivity index (χ0v) is 14.0. The molecule has 1 aliphatic carbocycles. The van der Waals surface area contributed by atoms with E-state index in [9.17, 15) is 0 Å². The number of rotatable bonds is 8. The van der Waals surface area contributed by atoms with Crippen LogP contribution in [0.4, 0.5) is 5.69 Å². The number of anilines is 1. The number of benzene rings is 1. The van der Waals surface area contributed by atoms with Gasteiger partial charge in [-0.05, 0) is 30.4 Å². The highest BCUT2D eigenvalue weighted by Gasteiger charge is 2.19. The summed E-state index contributed by atoms with van der Waals surface area (Å²) in [6.45, 7) is 3.52. The Balaban J connectivity index is 2.01. The van der Waals surface area contributed by atoms with Crippen LogP contribution in [-0.2, 0) is 11.3 Å². The molecule has 1 aliphatic rings. The first-order valence-corrected chi connectivity index (χ1v) is 8.28. The highest BCUT2D eigenvalue weighted by molar-refractivity contribution is 6.33. The molecule has 1 N–H and O–H groups in total. The Labute approximate surface area is 133 Å². The minimum atomic E-state index is 0.730. The summed E-state index contributed by atoms with van der Waals surface area (Å²) >= 11 is 6.46. The minimum absolute atomic E-state index is 0.730. The summed E-state index contributed by atoms with van der Waals surface area (Å²) in [4.78, 5) is 2.34. The van der Waals surface area contributed by atoms with Crippen LogP contribution in [0.2, 0.25) is 5.02 Å². The fraction of sp³-hybridized carbons (Fsp3) is 0.647. The quantitative estimate of drug-likeness (QED) is 0.741. The van der Waals surface area contributed by atoms with Crippen LogP contribution in [0.25, 0.3) is 0 Å². The van der Waals surface area contributed by atoms with Crippen molar-refractivity contribution in [3.63, 3.8) is 0 Å². The third-order valence-corrected chi connectivity index (χ3v) is 4.56. The summed E-state index contributed by atoms with van der Waals surface area (Å²) < 4.78 is 5.07. The molecular weight excluding hydrogens is 284 g/mol. The fourth-order valence-corrected chi connectivity index (χ4v) is 3.54. The highest BCUT2D eigenvalue weighted by atomic mass is 35.5. The molecule has 1 aromatic carbocycles. The normalized spacial score (nSPS) is 15.6. The number of nitrogens with one attached hydrogen (secondary N) is 1. The van der Waals surface area contributed by atoms with Gasteiger partial charge in [-0.1, -0.05) is 36.6 Å². The first-order chi connectivity index (χ1) is 10.2. The maximum atomic E-state index is 6.46. The van der Waals surface area contributed by atoms with E-state index in [0.29, 0.717) is 0 Å². The maximum Gasteiger partial charge on any atom is 0.0642 e. The number of ether oxygens (including phenoxy) is 1. The zero-order valence-electron chi connectivity index (χ0n) is 13.2. The second-order valence-corrected chi connectivity index (χ2v) is 6.36. The van der Waals surface area contributed by atoms with E-state index >= 15 is 0 Å². The Morgan fingerprint density at radius 1 is 1.33 bits per heavy atom. The van der Waals surface area contributed by atoms with E-state index in [1.807, 2.05) is 12.1 Å². The maximum absolute atomic E-state index is 6.46. The molecule has 4 heteroatoms. The van der Waals surface area contributed by atoms with E-state index in [2.05, 4.69) is 23.3 Å². The van der Waals surface area contributed by atoms with Gasteiger partial charge >= 0.3 is 0 Å². The second-order valence-electron chi connectivity index (χ2n) is 5.95. The average Bonchev–Trinajstić information content (AvgIpc) is 2.96. The van der Waals surface area contributed by atoms with Crippen molar-refractivity contribution in [3.05, 3.63) is 28.8 Å². The molecule has 0 aromatic heterocycles. The molecule has 21 heavy (non-hydrogen) atoms. The van der Waals surface area contributed by atoms with Gasteiger partial charge in [0.1, 0.15) is 0 Å². The number of methoxy groups -OCH3 is 1. The Morgan fingerprint density at radius 3 is 2.81 bits per heavy atom. The topological polar surface area (TPSA) is 24.5 Å². The molecule has 118 valence electrons. The molecule has 0 spiro atoms. The van der Waals surface area contributed by atoms with E-state index in [4.69, 9.17) is 16.3 Å². The summed E-state index contributed by atoms with van der Waals surface area (Å²) in [6, 6.07) is 6.18. The number of nitrogens with zero attached hydrogens (tertiary/aromatic N) is 1. The molecule has 1 fully saturated rings. The van der Waals surface area contributed by atoms with Gasteiger partial charge in [-0.15, -0.1) is 0 Å². The van der Waals surface area contributed by atoms with Crippen LogP contribution in [0.1, 0.15) is 31.2 Å². The van der Waals surface area contributed by atoms with Crippen LogP contribution in [0.15, 0.2) is 18.2 Å². The predicted octanol–water partition coefficient (Wildman–Crippen LogP) is 3.70. The Hall–Kier alpha value is -0.770. The van der Waals surface area contributed by atoms with Gasteiger partial charge in [0.25, 0.3) is 0 Å². The van der Waals surface area contributed by atoms with Crippen molar-refractivity contribution >= 4 is 17.3 Å². The number of para-hydroxylation sites is 1. The number of hydrogen-bond donors (Lipinski definition) is 1. The molecule has 3 nitrogen and oxygen atoms in total. The van der Waals surface area contributed by atoms with E-state index < -0.39 is 0 Å². The molecule has 0 bridgehead atoms. The molecule has 0 radical (unpaired) electrons. The van der Waals surface area contributed by atoms with Crippen LogP contribution in [0, 0.1) is 5.92 Å². The number of hydrogen-bond acceptors (Lipinski definition) is 3. The molecular formula is C17H27ClN2O. The van der Waals surface area contributed by atoms with Crippen molar-refractivity contribution in [2.75, 3.05) is 38.8 Å². The molecule has 1 saturated carbocycles. The van der Waals surface area contributed by atoms with Gasteiger partial charge in [0, 0.05) is 33.8 Å². The molecule has 0 saturated heterocycles. The monoisotopic (exact) mass is 310 g/mol. The molecule has 0 atom stereocenters. The summed E-state index contributed by atoms with van der Waals surface area (Å²) in [5.74, 6) is 0.820. The SMILES string of the molecule is COCCNCc1cccc(Cl)c1N(C)CC1CCCC1. The molecule has 0 heterocycles. The molecule has 0 unspecified atom stereocenters. The van der Waals surface area contributed by atoms with E-state index in [0.717, 1.165) is 37.2 Å². The van der Waals surface area contributed by atoms with Crippen LogP contribution >= 0.6 is 11.6 Å². The lowest BCUT2D eigenvalue weighted by Gasteiger charge is -2.26. The van der Waals surface area contributed by atoms with Gasteiger partial charge in [-0.25, -0.2) is 0 Å². The largest absolute Gasteiger partial charge is 0.383 e. The zero-order chi connectivity index (χ0) is 15.1. The van der Waals surface area contributed by atoms with Crippen molar-refractivity contribution in [3.8, 4) is 0 Å². The fourth-order valence-electron chi connectivity index (χ4n) is 3.20. The van der Waals surface area contributed by atoms with Gasteiger partial charge in [-0.2, -0.15) is 0 Å². The first-order valence-electron chi connectivity index (χ1n) is 7.90. The van der Waals surface area contributed by atoms with Gasteiger partial charge < -0.3 is 15.0 Å². The van der Waals surface area contributed by atoms with Crippen molar-refractivity contribution in [1.29, 1.82) is 0 Å². The second kappa shape index (κ2) is 8.62. The third-order valence-electron chi connectivity index (χ3n) is 4.26. The Kier molecular flexibility index (Phi) is 6.81. The van der Waals surface area contributed by atoms with Gasteiger partial charge in [0.15, 0.2) is 0 Å². The van der Waals surface area contributed by atoms with E-state index in [-0.39, 0.29) is 0 Å². The Morgan fingerprint density at radius 2 is 2.10 bits per heavy atom. The number of halogens is 1. The lowest BCUT2D eigenvalue weighted by Crippen LogP contribution is -2.27. The van der Waals surface area contributed by atoms with E-state index in [1.165, 1.54) is 36.9 Å². The molecule has 2 rings (SSSR count). The van der Waals surface area contributed by atoms with Gasteiger partial charge in [0.2, 0.25) is 0 Å². The summed E-state index contributed by atoms with van der Waals surface area (Å²) in [5.41, 5.74) is 2.44. The van der Waals surface area contributed by atoms with Crippen molar-refractivity contribution in [2.45, 2.75) is 32.2 Å². The van der Waals surface area contributed by atoms with Crippen LogP contribution in [-0.4, -0.2) is 33.9 Å². The average molecular weight is 311 g/mol. The Bertz CT molecular complexity index is 433. The third kappa shape index (κ3) is 4.87. The van der Waals surface area contributed by atoms with Gasteiger partial charge in [0.05, 0.1) is 17.3 Å². The predicted molar refractivity (Wildman–Crippen MR) is 90.3 cm³/mol. The van der Waals surface area contributed by atoms with Crippen molar-refractivity contribution < 1.29 is 4.74 Å². The van der Waals surface area contributed by atoms with Crippen molar-refractivity contribution in [1.82, 2.24) is 5.32 Å². The summed E-state index contributed by atoms with van der Waals surface area (Å²) in [6.07, 6.45) is 5.48. The smallest absolute Gasteiger partial charge is 0.0642 e. The lowest BCUT2D eigenvalue weighted by molar-refractivity contribution is 0.199.